The van der Waals surface area contributed by atoms with E-state index in [1.807, 2.05) is 0 Å². The van der Waals surface area contributed by atoms with Gasteiger partial charge in [-0.25, -0.2) is 0 Å². The van der Waals surface area contributed by atoms with Gasteiger partial charge >= 0.3 is 0 Å². The third-order valence-electron chi connectivity index (χ3n) is 3.19. The van der Waals surface area contributed by atoms with Crippen molar-refractivity contribution in [3.63, 3.8) is 0 Å². The maximum Gasteiger partial charge on any atom is 0.0234 e. The molecule has 4 heteroatoms. The molecule has 94 valence electrons. The van der Waals surface area contributed by atoms with Gasteiger partial charge < -0.3 is 0 Å². The summed E-state index contributed by atoms with van der Waals surface area (Å²) in [6.07, 6.45) is 0. The van der Waals surface area contributed by atoms with E-state index in [1.165, 1.54) is 41.9 Å². The molecule has 0 N–H and O–H groups in total. The fourth-order valence-corrected chi connectivity index (χ4v) is 3.00. The minimum absolute atomic E-state index is 1.09. The molecule has 0 aromatic heterocycles. The molecule has 0 amide bonds. The van der Waals surface area contributed by atoms with Crippen molar-refractivity contribution in [2.24, 2.45) is 0 Å². The van der Waals surface area contributed by atoms with E-state index in [9.17, 15) is 0 Å². The van der Waals surface area contributed by atoms with Gasteiger partial charge in [0.15, 0.2) is 0 Å². The number of rotatable bonds is 4. The van der Waals surface area contributed by atoms with Gasteiger partial charge in [0, 0.05) is 48.2 Å². The minimum Gasteiger partial charge on any atom is -0.300 e. The second-order valence-corrected chi connectivity index (χ2v) is 6.47. The molecule has 1 aliphatic rings. The smallest absolute Gasteiger partial charge is 0.0234 e. The molecular formula is C13H18BrIN2. The van der Waals surface area contributed by atoms with Crippen LogP contribution in [0.4, 0.5) is 0 Å². The zero-order valence-corrected chi connectivity index (χ0v) is 13.7. The Kier molecular flexibility index (Phi) is 5.72. The standard InChI is InChI=1S/C13H18BrIN2/c14-5-6-16-7-9-17(10-8-16)11-12-1-3-13(15)4-2-12/h1-4H,5-11H2. The number of hydrogen-bond acceptors (Lipinski definition) is 2. The summed E-state index contributed by atoms with van der Waals surface area (Å²) >= 11 is 5.86. The van der Waals surface area contributed by atoms with Gasteiger partial charge in [-0.3, -0.25) is 9.80 Å². The van der Waals surface area contributed by atoms with Crippen LogP contribution in [0, 0.1) is 3.57 Å². The monoisotopic (exact) mass is 408 g/mol. The molecule has 1 fully saturated rings. The Morgan fingerprint density at radius 2 is 1.59 bits per heavy atom. The lowest BCUT2D eigenvalue weighted by molar-refractivity contribution is 0.133. The Balaban J connectivity index is 1.79. The first kappa shape index (κ1) is 13.8. The van der Waals surface area contributed by atoms with Crippen LogP contribution in [0.2, 0.25) is 0 Å². The van der Waals surface area contributed by atoms with Crippen molar-refractivity contribution in [2.45, 2.75) is 6.54 Å². The van der Waals surface area contributed by atoms with Crippen molar-refractivity contribution in [3.05, 3.63) is 33.4 Å². The van der Waals surface area contributed by atoms with Crippen LogP contribution in [0.5, 0.6) is 0 Å². The molecular weight excluding hydrogens is 391 g/mol. The lowest BCUT2D eigenvalue weighted by Crippen LogP contribution is -2.46. The molecule has 1 saturated heterocycles. The highest BCUT2D eigenvalue weighted by molar-refractivity contribution is 14.1. The zero-order valence-electron chi connectivity index (χ0n) is 9.91. The second-order valence-electron chi connectivity index (χ2n) is 4.43. The quantitative estimate of drug-likeness (QED) is 0.558. The fraction of sp³-hybridized carbons (Fsp3) is 0.538. The lowest BCUT2D eigenvalue weighted by atomic mass is 10.2. The number of hydrogen-bond donors (Lipinski definition) is 0. The van der Waals surface area contributed by atoms with Crippen LogP contribution in [-0.2, 0) is 6.54 Å². The Hall–Kier alpha value is 0.350. The van der Waals surface area contributed by atoms with Gasteiger partial charge in [0.05, 0.1) is 0 Å². The Morgan fingerprint density at radius 3 is 2.18 bits per heavy atom. The summed E-state index contributed by atoms with van der Waals surface area (Å²) in [5.74, 6) is 0. The number of halogens is 2. The summed E-state index contributed by atoms with van der Waals surface area (Å²) in [7, 11) is 0. The third-order valence-corrected chi connectivity index (χ3v) is 4.26. The Bertz CT molecular complexity index is 334. The van der Waals surface area contributed by atoms with E-state index in [4.69, 9.17) is 0 Å². The molecule has 17 heavy (non-hydrogen) atoms. The molecule has 1 aliphatic heterocycles. The summed E-state index contributed by atoms with van der Waals surface area (Å²) in [5, 5.41) is 1.09. The van der Waals surface area contributed by atoms with Gasteiger partial charge in [0.25, 0.3) is 0 Å². The maximum atomic E-state index is 3.50. The molecule has 0 unspecified atom stereocenters. The van der Waals surface area contributed by atoms with Gasteiger partial charge in [-0.1, -0.05) is 28.1 Å². The molecule has 1 aromatic carbocycles. The average Bonchev–Trinajstić information content (AvgIpc) is 2.35. The SMILES string of the molecule is BrCCN1CCN(Cc2ccc(I)cc2)CC1. The Labute approximate surface area is 126 Å². The average molecular weight is 409 g/mol. The van der Waals surface area contributed by atoms with Crippen LogP contribution in [0.1, 0.15) is 5.56 Å². The molecule has 0 bridgehead atoms. The molecule has 0 spiro atoms. The van der Waals surface area contributed by atoms with Crippen molar-refractivity contribution >= 4 is 38.5 Å². The highest BCUT2D eigenvalue weighted by Gasteiger charge is 2.15. The van der Waals surface area contributed by atoms with Crippen LogP contribution in [0.3, 0.4) is 0 Å². The van der Waals surface area contributed by atoms with E-state index in [0.717, 1.165) is 11.9 Å². The summed E-state index contributed by atoms with van der Waals surface area (Å²) in [6.45, 7) is 7.07. The van der Waals surface area contributed by atoms with Gasteiger partial charge in [-0.2, -0.15) is 0 Å². The number of benzene rings is 1. The number of piperazine rings is 1. The maximum absolute atomic E-state index is 3.50. The molecule has 0 saturated carbocycles. The zero-order chi connectivity index (χ0) is 12.1. The second kappa shape index (κ2) is 7.07. The normalized spacial score (nSPS) is 18.5. The van der Waals surface area contributed by atoms with Crippen LogP contribution in [0.25, 0.3) is 0 Å². The number of alkyl halides is 1. The first-order chi connectivity index (χ1) is 8.28. The highest BCUT2D eigenvalue weighted by atomic mass is 127. The van der Waals surface area contributed by atoms with Gasteiger partial charge in [-0.05, 0) is 40.3 Å². The highest BCUT2D eigenvalue weighted by Crippen LogP contribution is 2.11. The lowest BCUT2D eigenvalue weighted by Gasteiger charge is -2.34. The van der Waals surface area contributed by atoms with Crippen molar-refractivity contribution in [1.82, 2.24) is 9.80 Å². The van der Waals surface area contributed by atoms with Crippen LogP contribution >= 0.6 is 38.5 Å². The van der Waals surface area contributed by atoms with Crippen molar-refractivity contribution < 1.29 is 0 Å². The topological polar surface area (TPSA) is 6.48 Å². The predicted octanol–water partition coefficient (Wildman–Crippen LogP) is 2.80. The van der Waals surface area contributed by atoms with E-state index in [1.54, 1.807) is 0 Å². The summed E-state index contributed by atoms with van der Waals surface area (Å²) in [6, 6.07) is 8.87. The Morgan fingerprint density at radius 1 is 1.00 bits per heavy atom. The van der Waals surface area contributed by atoms with Crippen molar-refractivity contribution in [3.8, 4) is 0 Å². The van der Waals surface area contributed by atoms with Crippen LogP contribution < -0.4 is 0 Å². The summed E-state index contributed by atoms with van der Waals surface area (Å²) < 4.78 is 1.31. The van der Waals surface area contributed by atoms with Crippen molar-refractivity contribution in [1.29, 1.82) is 0 Å². The number of nitrogens with zero attached hydrogens (tertiary/aromatic N) is 2. The molecule has 1 aromatic rings. The predicted molar refractivity (Wildman–Crippen MR) is 84.7 cm³/mol. The largest absolute Gasteiger partial charge is 0.300 e. The van der Waals surface area contributed by atoms with E-state index in [0.29, 0.717) is 0 Å². The molecule has 2 nitrogen and oxygen atoms in total. The van der Waals surface area contributed by atoms with E-state index in [-0.39, 0.29) is 0 Å². The molecule has 0 radical (unpaired) electrons. The van der Waals surface area contributed by atoms with Crippen molar-refractivity contribution in [2.75, 3.05) is 38.1 Å². The summed E-state index contributed by atoms with van der Waals surface area (Å²) in [4.78, 5) is 5.08. The molecule has 2 rings (SSSR count). The van der Waals surface area contributed by atoms with Gasteiger partial charge in [0.2, 0.25) is 0 Å². The first-order valence-corrected chi connectivity index (χ1v) is 8.23. The fourth-order valence-electron chi connectivity index (χ4n) is 2.14. The molecule has 1 heterocycles. The first-order valence-electron chi connectivity index (χ1n) is 6.03. The van der Waals surface area contributed by atoms with Gasteiger partial charge in [-0.15, -0.1) is 0 Å². The minimum atomic E-state index is 1.09. The van der Waals surface area contributed by atoms with Gasteiger partial charge in [0.1, 0.15) is 0 Å². The summed E-state index contributed by atoms with van der Waals surface area (Å²) in [5.41, 5.74) is 1.43. The van der Waals surface area contributed by atoms with E-state index in [2.05, 4.69) is 72.6 Å². The van der Waals surface area contributed by atoms with E-state index < -0.39 is 0 Å². The van der Waals surface area contributed by atoms with Crippen LogP contribution in [-0.4, -0.2) is 47.9 Å². The molecule has 0 aliphatic carbocycles. The van der Waals surface area contributed by atoms with E-state index >= 15 is 0 Å². The third kappa shape index (κ3) is 4.50. The molecule has 0 atom stereocenters. The van der Waals surface area contributed by atoms with Crippen LogP contribution in [0.15, 0.2) is 24.3 Å².